The van der Waals surface area contributed by atoms with Gasteiger partial charge in [0.15, 0.2) is 0 Å². The fourth-order valence-electron chi connectivity index (χ4n) is 1.78. The standard InChI is InChI=1S/C16H15BrN2O2/c1-11-7-8-13(17)9-14(11)19-15(20)10-18-16(21)12-5-3-2-4-6-12/h2-9H,10H2,1H3,(H,18,21)(H,19,20). The molecular weight excluding hydrogens is 332 g/mol. The van der Waals surface area contributed by atoms with Crippen molar-refractivity contribution in [2.75, 3.05) is 11.9 Å². The molecule has 2 aromatic rings. The van der Waals surface area contributed by atoms with Crippen molar-refractivity contribution in [2.24, 2.45) is 0 Å². The number of anilines is 1. The van der Waals surface area contributed by atoms with Crippen molar-refractivity contribution in [1.82, 2.24) is 5.32 Å². The summed E-state index contributed by atoms with van der Waals surface area (Å²) >= 11 is 3.36. The maximum absolute atomic E-state index is 11.9. The molecule has 4 nitrogen and oxygen atoms in total. The van der Waals surface area contributed by atoms with Gasteiger partial charge in [-0.25, -0.2) is 0 Å². The Morgan fingerprint density at radius 3 is 2.52 bits per heavy atom. The summed E-state index contributed by atoms with van der Waals surface area (Å²) in [6, 6.07) is 14.4. The van der Waals surface area contributed by atoms with Gasteiger partial charge in [0.1, 0.15) is 0 Å². The molecule has 5 heteroatoms. The molecule has 0 heterocycles. The normalized spacial score (nSPS) is 10.0. The monoisotopic (exact) mass is 346 g/mol. The molecule has 0 saturated carbocycles. The lowest BCUT2D eigenvalue weighted by molar-refractivity contribution is -0.115. The van der Waals surface area contributed by atoms with Gasteiger partial charge < -0.3 is 10.6 Å². The van der Waals surface area contributed by atoms with Crippen molar-refractivity contribution in [1.29, 1.82) is 0 Å². The van der Waals surface area contributed by atoms with Crippen molar-refractivity contribution < 1.29 is 9.59 Å². The molecule has 0 aliphatic heterocycles. The third-order valence-corrected chi connectivity index (χ3v) is 3.41. The Morgan fingerprint density at radius 2 is 1.81 bits per heavy atom. The van der Waals surface area contributed by atoms with Crippen LogP contribution >= 0.6 is 15.9 Å². The Hall–Kier alpha value is -2.14. The second kappa shape index (κ2) is 7.04. The van der Waals surface area contributed by atoms with E-state index in [2.05, 4.69) is 26.6 Å². The van der Waals surface area contributed by atoms with Gasteiger partial charge in [-0.15, -0.1) is 0 Å². The highest BCUT2D eigenvalue weighted by atomic mass is 79.9. The van der Waals surface area contributed by atoms with Gasteiger partial charge in [-0.1, -0.05) is 40.2 Å². The topological polar surface area (TPSA) is 58.2 Å². The Labute approximate surface area is 131 Å². The molecule has 0 atom stereocenters. The second-order valence-corrected chi connectivity index (χ2v) is 5.47. The first-order valence-electron chi connectivity index (χ1n) is 6.45. The average Bonchev–Trinajstić information content (AvgIpc) is 2.49. The summed E-state index contributed by atoms with van der Waals surface area (Å²) in [5, 5.41) is 5.36. The van der Waals surface area contributed by atoms with E-state index in [0.717, 1.165) is 15.7 Å². The molecule has 2 aromatic carbocycles. The van der Waals surface area contributed by atoms with Crippen molar-refractivity contribution in [3.8, 4) is 0 Å². The summed E-state index contributed by atoms with van der Waals surface area (Å²) in [4.78, 5) is 23.7. The molecule has 2 amide bonds. The summed E-state index contributed by atoms with van der Waals surface area (Å²) in [5.41, 5.74) is 2.22. The quantitative estimate of drug-likeness (QED) is 0.893. The predicted molar refractivity (Wildman–Crippen MR) is 86.3 cm³/mol. The van der Waals surface area contributed by atoms with E-state index in [4.69, 9.17) is 0 Å². The van der Waals surface area contributed by atoms with E-state index in [1.807, 2.05) is 31.2 Å². The lowest BCUT2D eigenvalue weighted by Crippen LogP contribution is -2.32. The number of hydrogen-bond donors (Lipinski definition) is 2. The van der Waals surface area contributed by atoms with E-state index in [-0.39, 0.29) is 18.4 Å². The third-order valence-electron chi connectivity index (χ3n) is 2.92. The van der Waals surface area contributed by atoms with Crippen LogP contribution in [0, 0.1) is 6.92 Å². The first kappa shape index (κ1) is 15.3. The minimum Gasteiger partial charge on any atom is -0.343 e. The smallest absolute Gasteiger partial charge is 0.251 e. The molecule has 0 unspecified atom stereocenters. The van der Waals surface area contributed by atoms with Crippen molar-refractivity contribution in [3.63, 3.8) is 0 Å². The van der Waals surface area contributed by atoms with Gasteiger partial charge >= 0.3 is 0 Å². The number of benzene rings is 2. The molecule has 0 spiro atoms. The molecule has 0 bridgehead atoms. The first-order chi connectivity index (χ1) is 10.1. The molecule has 0 saturated heterocycles. The Morgan fingerprint density at radius 1 is 1.10 bits per heavy atom. The third kappa shape index (κ3) is 4.43. The van der Waals surface area contributed by atoms with Crippen molar-refractivity contribution in [3.05, 3.63) is 64.1 Å². The van der Waals surface area contributed by atoms with Crippen LogP contribution in [0.3, 0.4) is 0 Å². The summed E-state index contributed by atoms with van der Waals surface area (Å²) in [6.07, 6.45) is 0. The number of aryl methyl sites for hydroxylation is 1. The lowest BCUT2D eigenvalue weighted by Gasteiger charge is -2.09. The van der Waals surface area contributed by atoms with Crippen molar-refractivity contribution >= 4 is 33.4 Å². The molecule has 21 heavy (non-hydrogen) atoms. The fraction of sp³-hybridized carbons (Fsp3) is 0.125. The Kier molecular flexibility index (Phi) is 5.11. The molecule has 108 valence electrons. The molecule has 0 aromatic heterocycles. The maximum Gasteiger partial charge on any atom is 0.251 e. The predicted octanol–water partition coefficient (Wildman–Crippen LogP) is 3.13. The summed E-state index contributed by atoms with van der Waals surface area (Å²) in [6.45, 7) is 1.84. The largest absolute Gasteiger partial charge is 0.343 e. The highest BCUT2D eigenvalue weighted by molar-refractivity contribution is 9.10. The molecule has 2 N–H and O–H groups in total. The van der Waals surface area contributed by atoms with Gasteiger partial charge in [-0.05, 0) is 36.8 Å². The molecule has 0 aliphatic carbocycles. The minimum absolute atomic E-state index is 0.0698. The SMILES string of the molecule is Cc1ccc(Br)cc1NC(=O)CNC(=O)c1ccccc1. The molecule has 0 radical (unpaired) electrons. The van der Waals surface area contributed by atoms with E-state index in [0.29, 0.717) is 5.56 Å². The van der Waals surface area contributed by atoms with Crippen LogP contribution in [-0.4, -0.2) is 18.4 Å². The molecule has 0 fully saturated rings. The number of hydrogen-bond acceptors (Lipinski definition) is 2. The highest BCUT2D eigenvalue weighted by Crippen LogP contribution is 2.20. The minimum atomic E-state index is -0.267. The Balaban J connectivity index is 1.91. The van der Waals surface area contributed by atoms with Gasteiger partial charge in [0.05, 0.1) is 6.54 Å². The van der Waals surface area contributed by atoms with Crippen LogP contribution in [0.1, 0.15) is 15.9 Å². The van der Waals surface area contributed by atoms with Crippen LogP contribution in [0.25, 0.3) is 0 Å². The van der Waals surface area contributed by atoms with E-state index >= 15 is 0 Å². The molecule has 2 rings (SSSR count). The van der Waals surface area contributed by atoms with Crippen LogP contribution in [0.2, 0.25) is 0 Å². The highest BCUT2D eigenvalue weighted by Gasteiger charge is 2.09. The van der Waals surface area contributed by atoms with Crippen LogP contribution in [0.5, 0.6) is 0 Å². The number of nitrogens with one attached hydrogen (secondary N) is 2. The summed E-state index contributed by atoms with van der Waals surface area (Å²) in [7, 11) is 0. The molecule has 0 aliphatic rings. The molecular formula is C16H15BrN2O2. The van der Waals surface area contributed by atoms with E-state index in [1.54, 1.807) is 24.3 Å². The number of rotatable bonds is 4. The number of carbonyl (C=O) groups excluding carboxylic acids is 2. The van der Waals surface area contributed by atoms with Gasteiger partial charge in [0, 0.05) is 15.7 Å². The number of halogens is 1. The van der Waals surface area contributed by atoms with Gasteiger partial charge in [0.25, 0.3) is 5.91 Å². The second-order valence-electron chi connectivity index (χ2n) is 4.56. The van der Waals surface area contributed by atoms with E-state index < -0.39 is 0 Å². The zero-order valence-corrected chi connectivity index (χ0v) is 13.1. The van der Waals surface area contributed by atoms with Crippen LogP contribution in [-0.2, 0) is 4.79 Å². The van der Waals surface area contributed by atoms with Crippen LogP contribution < -0.4 is 10.6 Å². The average molecular weight is 347 g/mol. The van der Waals surface area contributed by atoms with Gasteiger partial charge in [-0.2, -0.15) is 0 Å². The zero-order valence-electron chi connectivity index (χ0n) is 11.5. The number of carbonyl (C=O) groups is 2. The summed E-state index contributed by atoms with van der Waals surface area (Å²) < 4.78 is 0.886. The van der Waals surface area contributed by atoms with Gasteiger partial charge in [0.2, 0.25) is 5.91 Å². The van der Waals surface area contributed by atoms with Crippen LogP contribution in [0.4, 0.5) is 5.69 Å². The lowest BCUT2D eigenvalue weighted by atomic mass is 10.2. The van der Waals surface area contributed by atoms with E-state index in [9.17, 15) is 9.59 Å². The maximum atomic E-state index is 11.9. The fourth-order valence-corrected chi connectivity index (χ4v) is 2.14. The first-order valence-corrected chi connectivity index (χ1v) is 7.25. The Bertz CT molecular complexity index is 657. The van der Waals surface area contributed by atoms with Crippen LogP contribution in [0.15, 0.2) is 53.0 Å². The van der Waals surface area contributed by atoms with E-state index in [1.165, 1.54) is 0 Å². The van der Waals surface area contributed by atoms with Gasteiger partial charge in [-0.3, -0.25) is 9.59 Å². The zero-order chi connectivity index (χ0) is 15.2. The number of amides is 2. The van der Waals surface area contributed by atoms with Crippen molar-refractivity contribution in [2.45, 2.75) is 6.92 Å². The summed E-state index contributed by atoms with van der Waals surface area (Å²) in [5.74, 6) is -0.530.